The van der Waals surface area contributed by atoms with Crippen LogP contribution in [0.1, 0.15) is 29.3 Å². The fourth-order valence-electron chi connectivity index (χ4n) is 1.97. The van der Waals surface area contributed by atoms with Crippen LogP contribution < -0.4 is 11.1 Å². The molecule has 1 aromatic heterocycles. The Morgan fingerprint density at radius 2 is 2.54 bits per heavy atom. The molecule has 0 aliphatic heterocycles. The first kappa shape index (κ1) is 8.97. The highest BCUT2D eigenvalue weighted by Gasteiger charge is 2.23. The van der Waals surface area contributed by atoms with Gasteiger partial charge in [-0.25, -0.2) is 4.98 Å². The van der Waals surface area contributed by atoms with E-state index in [0.29, 0.717) is 5.92 Å². The molecule has 13 heavy (non-hydrogen) atoms. The molecule has 1 unspecified atom stereocenters. The highest BCUT2D eigenvalue weighted by molar-refractivity contribution is 7.15. The Bertz CT molecular complexity index is 295. The molecule has 4 heteroatoms. The van der Waals surface area contributed by atoms with Crippen molar-refractivity contribution >= 4 is 16.5 Å². The monoisotopic (exact) mass is 197 g/mol. The minimum atomic E-state index is 0.585. The summed E-state index contributed by atoms with van der Waals surface area (Å²) in [5.41, 5.74) is 6.96. The van der Waals surface area contributed by atoms with E-state index in [0.717, 1.165) is 11.7 Å². The Morgan fingerprint density at radius 3 is 3.31 bits per heavy atom. The molecule has 0 radical (unpaired) electrons. The number of hydrogen-bond donors (Lipinski definition) is 2. The number of nitrogens with two attached hydrogens (primary N) is 1. The number of likely N-dealkylation sites (N-methyl/N-ethyl adjacent to an activating group) is 1. The molecule has 1 heterocycles. The lowest BCUT2D eigenvalue weighted by atomic mass is 9.91. The van der Waals surface area contributed by atoms with Crippen LogP contribution in [0.25, 0.3) is 0 Å². The predicted octanol–water partition coefficient (Wildman–Crippen LogP) is 1.36. The zero-order chi connectivity index (χ0) is 9.26. The van der Waals surface area contributed by atoms with Crippen LogP contribution in [-0.4, -0.2) is 18.6 Å². The maximum atomic E-state index is 5.70. The van der Waals surface area contributed by atoms with Crippen molar-refractivity contribution in [1.82, 2.24) is 10.3 Å². The molecular formula is C9H15N3S. The predicted molar refractivity (Wildman–Crippen MR) is 56.1 cm³/mol. The normalized spacial score (nSPS) is 21.5. The van der Waals surface area contributed by atoms with Crippen LogP contribution in [0.2, 0.25) is 0 Å². The van der Waals surface area contributed by atoms with E-state index >= 15 is 0 Å². The number of anilines is 1. The molecule has 1 aromatic rings. The lowest BCUT2D eigenvalue weighted by molar-refractivity contribution is 0.523. The zero-order valence-electron chi connectivity index (χ0n) is 7.84. The Balaban J connectivity index is 2.25. The molecule has 3 N–H and O–H groups in total. The third-order valence-corrected chi connectivity index (χ3v) is 3.50. The minimum Gasteiger partial charge on any atom is -0.375 e. The van der Waals surface area contributed by atoms with Crippen LogP contribution in [0.15, 0.2) is 0 Å². The molecule has 3 nitrogen and oxygen atoms in total. The summed E-state index contributed by atoms with van der Waals surface area (Å²) in [7, 11) is 1.99. The lowest BCUT2D eigenvalue weighted by Gasteiger charge is -2.20. The third-order valence-electron chi connectivity index (χ3n) is 2.54. The first-order chi connectivity index (χ1) is 6.31. The summed E-state index contributed by atoms with van der Waals surface area (Å²) in [6, 6.07) is 0. The van der Waals surface area contributed by atoms with E-state index < -0.39 is 0 Å². The first-order valence-corrected chi connectivity index (χ1v) is 5.52. The van der Waals surface area contributed by atoms with Gasteiger partial charge in [-0.15, -0.1) is 11.3 Å². The van der Waals surface area contributed by atoms with Crippen LogP contribution in [0.3, 0.4) is 0 Å². The largest absolute Gasteiger partial charge is 0.375 e. The van der Waals surface area contributed by atoms with Gasteiger partial charge in [0.25, 0.3) is 0 Å². The molecule has 0 aromatic carbocycles. The number of aryl methyl sites for hydroxylation is 1. The molecule has 0 fully saturated rings. The van der Waals surface area contributed by atoms with Crippen molar-refractivity contribution in [3.05, 3.63) is 10.6 Å². The smallest absolute Gasteiger partial charge is 0.180 e. The van der Waals surface area contributed by atoms with Crippen LogP contribution in [0.4, 0.5) is 5.13 Å². The number of hydrogen-bond acceptors (Lipinski definition) is 4. The van der Waals surface area contributed by atoms with Gasteiger partial charge in [0.05, 0.1) is 5.69 Å². The van der Waals surface area contributed by atoms with E-state index in [1.54, 1.807) is 11.3 Å². The fraction of sp³-hybridized carbons (Fsp3) is 0.667. The molecule has 2 rings (SSSR count). The molecule has 0 spiro atoms. The SMILES string of the molecule is CNCC1CCCc2sc(N)nc21. The summed E-state index contributed by atoms with van der Waals surface area (Å²) in [6.45, 7) is 1.02. The lowest BCUT2D eigenvalue weighted by Crippen LogP contribution is -2.21. The van der Waals surface area contributed by atoms with Crippen molar-refractivity contribution in [3.63, 3.8) is 0 Å². The molecule has 0 saturated carbocycles. The van der Waals surface area contributed by atoms with Gasteiger partial charge in [0.2, 0.25) is 0 Å². The average molecular weight is 197 g/mol. The average Bonchev–Trinajstić information content (AvgIpc) is 2.47. The second kappa shape index (κ2) is 3.64. The summed E-state index contributed by atoms with van der Waals surface area (Å²) in [6.07, 6.45) is 3.70. The molecule has 1 atom stereocenters. The topological polar surface area (TPSA) is 50.9 Å². The molecule has 1 aliphatic carbocycles. The molecule has 0 amide bonds. The third kappa shape index (κ3) is 1.69. The van der Waals surface area contributed by atoms with E-state index in [2.05, 4.69) is 10.3 Å². The first-order valence-electron chi connectivity index (χ1n) is 4.71. The molecular weight excluding hydrogens is 182 g/mol. The molecule has 72 valence electrons. The number of nitrogens with zero attached hydrogens (tertiary/aromatic N) is 1. The van der Waals surface area contributed by atoms with Gasteiger partial charge < -0.3 is 11.1 Å². The summed E-state index contributed by atoms with van der Waals surface area (Å²) in [4.78, 5) is 5.81. The van der Waals surface area contributed by atoms with Gasteiger partial charge in [0, 0.05) is 17.3 Å². The standard InChI is InChI=1S/C9H15N3S/c1-11-5-6-3-2-4-7-8(6)12-9(10)13-7/h6,11H,2-5H2,1H3,(H2,10,12). The Hall–Kier alpha value is -0.610. The number of nitrogens with one attached hydrogen (secondary N) is 1. The summed E-state index contributed by atoms with van der Waals surface area (Å²) >= 11 is 1.66. The minimum absolute atomic E-state index is 0.585. The second-order valence-corrected chi connectivity index (χ2v) is 4.62. The molecule has 1 aliphatic rings. The van der Waals surface area contributed by atoms with Gasteiger partial charge in [0.1, 0.15) is 0 Å². The van der Waals surface area contributed by atoms with Crippen molar-refractivity contribution < 1.29 is 0 Å². The second-order valence-electron chi connectivity index (χ2n) is 3.51. The number of rotatable bonds is 2. The van der Waals surface area contributed by atoms with Crippen molar-refractivity contribution in [2.75, 3.05) is 19.3 Å². The van der Waals surface area contributed by atoms with Crippen molar-refractivity contribution in [1.29, 1.82) is 0 Å². The Labute approximate surface area is 82.4 Å². The van der Waals surface area contributed by atoms with E-state index in [4.69, 9.17) is 5.73 Å². The molecule has 0 saturated heterocycles. The van der Waals surface area contributed by atoms with Gasteiger partial charge in [-0.3, -0.25) is 0 Å². The number of thiazole rings is 1. The Morgan fingerprint density at radius 1 is 1.69 bits per heavy atom. The van der Waals surface area contributed by atoms with Gasteiger partial charge in [0.15, 0.2) is 5.13 Å². The van der Waals surface area contributed by atoms with Gasteiger partial charge in [-0.1, -0.05) is 0 Å². The highest BCUT2D eigenvalue weighted by atomic mass is 32.1. The van der Waals surface area contributed by atoms with Crippen LogP contribution in [-0.2, 0) is 6.42 Å². The highest BCUT2D eigenvalue weighted by Crippen LogP contribution is 2.35. The van der Waals surface area contributed by atoms with Gasteiger partial charge >= 0.3 is 0 Å². The molecule has 0 bridgehead atoms. The summed E-state index contributed by atoms with van der Waals surface area (Å²) in [5.74, 6) is 0.585. The Kier molecular flexibility index (Phi) is 2.51. The van der Waals surface area contributed by atoms with Crippen molar-refractivity contribution in [2.45, 2.75) is 25.2 Å². The van der Waals surface area contributed by atoms with E-state index in [-0.39, 0.29) is 0 Å². The maximum absolute atomic E-state index is 5.70. The van der Waals surface area contributed by atoms with Crippen molar-refractivity contribution in [3.8, 4) is 0 Å². The summed E-state index contributed by atoms with van der Waals surface area (Å²) in [5, 5.41) is 3.94. The quantitative estimate of drug-likeness (QED) is 0.752. The zero-order valence-corrected chi connectivity index (χ0v) is 8.66. The number of nitrogen functional groups attached to an aromatic ring is 1. The van der Waals surface area contributed by atoms with Crippen LogP contribution in [0.5, 0.6) is 0 Å². The van der Waals surface area contributed by atoms with Crippen LogP contribution >= 0.6 is 11.3 Å². The van der Waals surface area contributed by atoms with Crippen LogP contribution in [0, 0.1) is 0 Å². The van der Waals surface area contributed by atoms with Crippen molar-refractivity contribution in [2.24, 2.45) is 0 Å². The maximum Gasteiger partial charge on any atom is 0.180 e. The van der Waals surface area contributed by atoms with Gasteiger partial charge in [-0.2, -0.15) is 0 Å². The fourth-order valence-corrected chi connectivity index (χ4v) is 2.93. The van der Waals surface area contributed by atoms with E-state index in [1.165, 1.54) is 29.8 Å². The summed E-state index contributed by atoms with van der Waals surface area (Å²) < 4.78 is 0. The number of fused-ring (bicyclic) bond motifs is 1. The number of aromatic nitrogens is 1. The van der Waals surface area contributed by atoms with Gasteiger partial charge in [-0.05, 0) is 26.3 Å². The van der Waals surface area contributed by atoms with E-state index in [1.807, 2.05) is 7.05 Å². The van der Waals surface area contributed by atoms with E-state index in [9.17, 15) is 0 Å².